The number of hydrogen-bond acceptors (Lipinski definition) is 8. The van der Waals surface area contributed by atoms with Crippen molar-refractivity contribution >= 4 is 40.8 Å². The van der Waals surface area contributed by atoms with Gasteiger partial charge in [-0.3, -0.25) is 24.0 Å². The summed E-state index contributed by atoms with van der Waals surface area (Å²) >= 11 is 1.29. The molecule has 0 aliphatic heterocycles. The fourth-order valence-electron chi connectivity index (χ4n) is 3.98. The standard InChI is InChI=1S/C25H28F2N4O6S/c1-37-21(33)11-18(30-19(32)10-16-12-25(26,27)13-16)23(35)31-17(9-15-5-3-2-4-6-15)22(34)24(36)29-14-20-28-7-8-38-20/h2-8,16-18H,9-14H2,1H3,(H,29,36)(H,30,32)(H,31,35)/t17-,18-/m1/s1. The van der Waals surface area contributed by atoms with Crippen molar-refractivity contribution in [1.82, 2.24) is 20.9 Å². The number of Topliss-reactive ketones (excluding diaryl/α,β-unsaturated/α-hetero) is 1. The smallest absolute Gasteiger partial charge is 0.308 e. The van der Waals surface area contributed by atoms with Crippen molar-refractivity contribution in [2.45, 2.75) is 56.7 Å². The topological polar surface area (TPSA) is 144 Å². The predicted octanol–water partition coefficient (Wildman–Crippen LogP) is 1.54. The average molecular weight is 551 g/mol. The van der Waals surface area contributed by atoms with Crippen LogP contribution in [0.3, 0.4) is 0 Å². The number of ketones is 1. The van der Waals surface area contributed by atoms with Gasteiger partial charge in [0, 0.05) is 37.3 Å². The first-order chi connectivity index (χ1) is 18.1. The van der Waals surface area contributed by atoms with Crippen molar-refractivity contribution in [3.8, 4) is 0 Å². The summed E-state index contributed by atoms with van der Waals surface area (Å²) in [7, 11) is 1.10. The summed E-state index contributed by atoms with van der Waals surface area (Å²) in [5, 5.41) is 9.61. The molecule has 2 atom stereocenters. The third-order valence-electron chi connectivity index (χ3n) is 5.92. The van der Waals surface area contributed by atoms with E-state index in [-0.39, 0.29) is 19.4 Å². The van der Waals surface area contributed by atoms with Crippen molar-refractivity contribution < 1.29 is 37.5 Å². The Labute approximate surface area is 221 Å². The molecule has 0 radical (unpaired) electrons. The van der Waals surface area contributed by atoms with Crippen LogP contribution in [0.5, 0.6) is 0 Å². The van der Waals surface area contributed by atoms with E-state index in [4.69, 9.17) is 0 Å². The number of thiazole rings is 1. The van der Waals surface area contributed by atoms with Gasteiger partial charge in [-0.2, -0.15) is 0 Å². The molecule has 1 aliphatic carbocycles. The molecular formula is C25H28F2N4O6S. The second-order valence-corrected chi connectivity index (χ2v) is 9.94. The Morgan fingerprint density at radius 2 is 1.82 bits per heavy atom. The molecule has 3 N–H and O–H groups in total. The minimum absolute atomic E-state index is 0.0233. The number of hydrogen-bond donors (Lipinski definition) is 3. The Hall–Kier alpha value is -3.74. The Bertz CT molecular complexity index is 1140. The lowest BCUT2D eigenvalue weighted by molar-refractivity contribution is -0.145. The van der Waals surface area contributed by atoms with Crippen molar-refractivity contribution in [3.05, 3.63) is 52.5 Å². The van der Waals surface area contributed by atoms with Crippen molar-refractivity contribution in [3.63, 3.8) is 0 Å². The lowest BCUT2D eigenvalue weighted by Crippen LogP contribution is -2.55. The van der Waals surface area contributed by atoms with Crippen LogP contribution in [0.2, 0.25) is 0 Å². The van der Waals surface area contributed by atoms with E-state index in [9.17, 15) is 32.8 Å². The van der Waals surface area contributed by atoms with E-state index in [1.165, 1.54) is 11.3 Å². The first-order valence-electron chi connectivity index (χ1n) is 11.8. The van der Waals surface area contributed by atoms with Crippen LogP contribution in [0, 0.1) is 5.92 Å². The Kier molecular flexibility index (Phi) is 9.99. The number of benzene rings is 1. The summed E-state index contributed by atoms with van der Waals surface area (Å²) in [6.45, 7) is 0.0233. The number of esters is 1. The lowest BCUT2D eigenvalue weighted by atomic mass is 9.79. The van der Waals surface area contributed by atoms with E-state index in [1.807, 2.05) is 0 Å². The Morgan fingerprint density at radius 3 is 2.42 bits per heavy atom. The Morgan fingerprint density at radius 1 is 1.11 bits per heavy atom. The number of rotatable bonds is 13. The fraction of sp³-hybridized carbons (Fsp3) is 0.440. The van der Waals surface area contributed by atoms with Gasteiger partial charge < -0.3 is 20.7 Å². The van der Waals surface area contributed by atoms with Gasteiger partial charge in [0.15, 0.2) is 0 Å². The number of methoxy groups -OCH3 is 1. The van der Waals surface area contributed by atoms with Crippen LogP contribution in [0.25, 0.3) is 0 Å². The molecule has 3 rings (SSSR count). The van der Waals surface area contributed by atoms with Gasteiger partial charge in [0.1, 0.15) is 17.1 Å². The molecule has 0 spiro atoms. The number of alkyl halides is 2. The van der Waals surface area contributed by atoms with E-state index in [1.54, 1.807) is 41.9 Å². The van der Waals surface area contributed by atoms with E-state index in [0.717, 1.165) is 7.11 Å². The minimum Gasteiger partial charge on any atom is -0.469 e. The summed E-state index contributed by atoms with van der Waals surface area (Å²) in [6, 6.07) is 5.88. The van der Waals surface area contributed by atoms with Crippen LogP contribution in [-0.4, -0.2) is 59.6 Å². The van der Waals surface area contributed by atoms with E-state index < -0.39 is 72.7 Å². The van der Waals surface area contributed by atoms with Crippen molar-refractivity contribution in [1.29, 1.82) is 0 Å². The molecule has 1 aliphatic rings. The molecule has 0 saturated heterocycles. The molecule has 1 aromatic heterocycles. The van der Waals surface area contributed by atoms with Gasteiger partial charge in [-0.25, -0.2) is 13.8 Å². The van der Waals surface area contributed by atoms with Gasteiger partial charge in [-0.05, 0) is 11.5 Å². The number of nitrogens with zero attached hydrogens (tertiary/aromatic N) is 1. The second-order valence-electron chi connectivity index (χ2n) is 8.96. The molecule has 10 nitrogen and oxygen atoms in total. The average Bonchev–Trinajstić information content (AvgIpc) is 3.39. The summed E-state index contributed by atoms with van der Waals surface area (Å²) < 4.78 is 30.8. The summed E-state index contributed by atoms with van der Waals surface area (Å²) in [5.41, 5.74) is 0.651. The second kappa shape index (κ2) is 13.2. The SMILES string of the molecule is COC(=O)C[C@@H](NC(=O)CC1CC(F)(F)C1)C(=O)N[C@H](Cc1ccccc1)C(=O)C(=O)NCc1nccs1. The summed E-state index contributed by atoms with van der Waals surface area (Å²) in [5.74, 6) is -7.63. The first kappa shape index (κ1) is 28.8. The maximum Gasteiger partial charge on any atom is 0.308 e. The van der Waals surface area contributed by atoms with Crippen LogP contribution in [-0.2, 0) is 41.7 Å². The van der Waals surface area contributed by atoms with Gasteiger partial charge in [0.25, 0.3) is 5.91 Å². The van der Waals surface area contributed by atoms with Crippen molar-refractivity contribution in [2.24, 2.45) is 5.92 Å². The zero-order chi connectivity index (χ0) is 27.7. The Balaban J connectivity index is 1.70. The van der Waals surface area contributed by atoms with Crippen LogP contribution in [0.15, 0.2) is 41.9 Å². The quantitative estimate of drug-likeness (QED) is 0.254. The number of amides is 3. The highest BCUT2D eigenvalue weighted by Crippen LogP contribution is 2.43. The molecule has 1 saturated carbocycles. The highest BCUT2D eigenvalue weighted by atomic mass is 32.1. The molecule has 0 bridgehead atoms. The van der Waals surface area contributed by atoms with Gasteiger partial charge in [-0.15, -0.1) is 11.3 Å². The summed E-state index contributed by atoms with van der Waals surface area (Å²) in [4.78, 5) is 67.1. The molecule has 38 heavy (non-hydrogen) atoms. The maximum absolute atomic E-state index is 13.1. The van der Waals surface area contributed by atoms with Crippen LogP contribution in [0.4, 0.5) is 8.78 Å². The monoisotopic (exact) mass is 550 g/mol. The number of carbonyl (C=O) groups excluding carboxylic acids is 5. The first-order valence-corrected chi connectivity index (χ1v) is 12.7. The molecular weight excluding hydrogens is 522 g/mol. The number of halogens is 2. The molecule has 204 valence electrons. The van der Waals surface area contributed by atoms with E-state index in [2.05, 4.69) is 25.7 Å². The number of carbonyl (C=O) groups is 5. The normalized spacial score (nSPS) is 15.9. The van der Waals surface area contributed by atoms with Crippen molar-refractivity contribution in [2.75, 3.05) is 7.11 Å². The molecule has 3 amide bonds. The number of aromatic nitrogens is 1. The van der Waals surface area contributed by atoms with Gasteiger partial charge in [-0.1, -0.05) is 30.3 Å². The van der Waals surface area contributed by atoms with Gasteiger partial charge >= 0.3 is 5.97 Å². The lowest BCUT2D eigenvalue weighted by Gasteiger charge is -2.34. The number of ether oxygens (including phenoxy) is 1. The third-order valence-corrected chi connectivity index (χ3v) is 6.70. The zero-order valence-electron chi connectivity index (χ0n) is 20.6. The van der Waals surface area contributed by atoms with Crippen LogP contribution in [0.1, 0.15) is 36.3 Å². The number of nitrogens with one attached hydrogen (secondary N) is 3. The largest absolute Gasteiger partial charge is 0.469 e. The van der Waals surface area contributed by atoms with Crippen LogP contribution < -0.4 is 16.0 Å². The highest BCUT2D eigenvalue weighted by Gasteiger charge is 2.46. The molecule has 1 aromatic carbocycles. The maximum atomic E-state index is 13.1. The van der Waals surface area contributed by atoms with E-state index >= 15 is 0 Å². The minimum atomic E-state index is -2.81. The molecule has 0 unspecified atom stereocenters. The third kappa shape index (κ3) is 8.68. The molecule has 1 heterocycles. The molecule has 2 aromatic rings. The highest BCUT2D eigenvalue weighted by molar-refractivity contribution is 7.09. The van der Waals surface area contributed by atoms with Gasteiger partial charge in [0.2, 0.25) is 23.5 Å². The van der Waals surface area contributed by atoms with E-state index in [0.29, 0.717) is 10.6 Å². The molecule has 1 fully saturated rings. The predicted molar refractivity (Wildman–Crippen MR) is 132 cm³/mol. The fourth-order valence-corrected chi connectivity index (χ4v) is 4.53. The zero-order valence-corrected chi connectivity index (χ0v) is 21.4. The van der Waals surface area contributed by atoms with Gasteiger partial charge in [0.05, 0.1) is 20.1 Å². The summed E-state index contributed by atoms with van der Waals surface area (Å²) in [6.07, 6.45) is -0.148. The van der Waals surface area contributed by atoms with Crippen LogP contribution >= 0.6 is 11.3 Å². The molecule has 13 heteroatoms.